The molecule has 4 heteroatoms. The van der Waals surface area contributed by atoms with Crippen molar-refractivity contribution in [1.29, 1.82) is 0 Å². The van der Waals surface area contributed by atoms with Crippen LogP contribution in [-0.4, -0.2) is 30.2 Å². The van der Waals surface area contributed by atoms with Gasteiger partial charge in [0.25, 0.3) is 0 Å². The Balaban J connectivity index is 1.72. The van der Waals surface area contributed by atoms with Crippen molar-refractivity contribution in [3.05, 3.63) is 24.6 Å². The number of nitrogens with one attached hydrogen (secondary N) is 1. The lowest BCUT2D eigenvalue weighted by molar-refractivity contribution is 0.377. The van der Waals surface area contributed by atoms with Crippen LogP contribution in [0.1, 0.15) is 32.1 Å². The van der Waals surface area contributed by atoms with E-state index >= 15 is 0 Å². The summed E-state index contributed by atoms with van der Waals surface area (Å²) in [5.41, 5.74) is 0.943. The quantitative estimate of drug-likeness (QED) is 0.912. The zero-order valence-electron chi connectivity index (χ0n) is 11.7. The number of piperidine rings is 1. The molecule has 2 aromatic heterocycles. The standard InChI is InChI=1S/C16H21N3O/c1-2-10-19(14(5-1)13-4-3-8-17-13)16-12-7-11-20-15(12)6-9-18-16/h6-7,9,11,13-14,17H,1-5,8,10H2. The number of aromatic nitrogens is 1. The molecule has 2 saturated heterocycles. The van der Waals surface area contributed by atoms with Gasteiger partial charge in [0.2, 0.25) is 0 Å². The number of fused-ring (bicyclic) bond motifs is 1. The average Bonchev–Trinajstić information content (AvgIpc) is 3.18. The van der Waals surface area contributed by atoms with Crippen LogP contribution in [0.2, 0.25) is 0 Å². The van der Waals surface area contributed by atoms with Crippen molar-refractivity contribution in [2.75, 3.05) is 18.0 Å². The molecule has 0 spiro atoms. The van der Waals surface area contributed by atoms with Crippen molar-refractivity contribution in [1.82, 2.24) is 10.3 Å². The van der Waals surface area contributed by atoms with Crippen molar-refractivity contribution >= 4 is 16.8 Å². The van der Waals surface area contributed by atoms with Crippen LogP contribution >= 0.6 is 0 Å². The first-order chi connectivity index (χ1) is 9.93. The number of rotatable bonds is 2. The first-order valence-electron chi connectivity index (χ1n) is 7.76. The molecule has 0 radical (unpaired) electrons. The molecule has 2 aliphatic heterocycles. The minimum absolute atomic E-state index is 0.583. The predicted molar refractivity (Wildman–Crippen MR) is 80.0 cm³/mol. The predicted octanol–water partition coefficient (Wildman–Crippen LogP) is 2.94. The number of anilines is 1. The molecule has 2 unspecified atom stereocenters. The van der Waals surface area contributed by atoms with Crippen LogP contribution in [0, 0.1) is 0 Å². The first-order valence-corrected chi connectivity index (χ1v) is 7.76. The SMILES string of the molecule is c1cc2occc2c(N2CCCCC2C2CCCN2)n1. The molecule has 1 N–H and O–H groups in total. The maximum Gasteiger partial charge on any atom is 0.140 e. The van der Waals surface area contributed by atoms with E-state index in [1.807, 2.05) is 18.3 Å². The van der Waals surface area contributed by atoms with Gasteiger partial charge in [0.15, 0.2) is 0 Å². The number of nitrogens with zero attached hydrogens (tertiary/aromatic N) is 2. The molecule has 0 aromatic carbocycles. The normalized spacial score (nSPS) is 27.3. The Labute approximate surface area is 119 Å². The van der Waals surface area contributed by atoms with E-state index in [9.17, 15) is 0 Å². The molecule has 0 aliphatic carbocycles. The number of pyridine rings is 1. The fourth-order valence-corrected chi connectivity index (χ4v) is 3.79. The molecule has 4 rings (SSSR count). The highest BCUT2D eigenvalue weighted by Gasteiger charge is 2.33. The van der Waals surface area contributed by atoms with Gasteiger partial charge in [0.05, 0.1) is 11.6 Å². The van der Waals surface area contributed by atoms with Crippen LogP contribution in [0.25, 0.3) is 11.0 Å². The molecular weight excluding hydrogens is 250 g/mol. The van der Waals surface area contributed by atoms with E-state index in [1.54, 1.807) is 6.26 Å². The Morgan fingerprint density at radius 2 is 2.20 bits per heavy atom. The van der Waals surface area contributed by atoms with Gasteiger partial charge in [-0.3, -0.25) is 0 Å². The molecule has 2 atom stereocenters. The summed E-state index contributed by atoms with van der Waals surface area (Å²) >= 11 is 0. The zero-order valence-corrected chi connectivity index (χ0v) is 11.7. The first kappa shape index (κ1) is 12.2. The second-order valence-electron chi connectivity index (χ2n) is 5.93. The van der Waals surface area contributed by atoms with Crippen LogP contribution in [0.5, 0.6) is 0 Å². The van der Waals surface area contributed by atoms with E-state index < -0.39 is 0 Å². The van der Waals surface area contributed by atoms with Crippen molar-refractivity contribution < 1.29 is 4.42 Å². The van der Waals surface area contributed by atoms with E-state index in [0.717, 1.165) is 23.3 Å². The topological polar surface area (TPSA) is 41.3 Å². The fraction of sp³-hybridized carbons (Fsp3) is 0.562. The Bertz CT molecular complexity index is 588. The van der Waals surface area contributed by atoms with E-state index in [0.29, 0.717) is 12.1 Å². The molecule has 4 heterocycles. The molecule has 20 heavy (non-hydrogen) atoms. The Morgan fingerprint density at radius 3 is 3.10 bits per heavy atom. The Morgan fingerprint density at radius 1 is 1.20 bits per heavy atom. The summed E-state index contributed by atoms with van der Waals surface area (Å²) in [4.78, 5) is 7.18. The molecule has 0 amide bonds. The Hall–Kier alpha value is -1.55. The minimum Gasteiger partial charge on any atom is -0.464 e. The van der Waals surface area contributed by atoms with Crippen LogP contribution in [0.15, 0.2) is 29.0 Å². The monoisotopic (exact) mass is 271 g/mol. The summed E-state index contributed by atoms with van der Waals surface area (Å²) in [7, 11) is 0. The van der Waals surface area contributed by atoms with E-state index in [2.05, 4.69) is 15.2 Å². The van der Waals surface area contributed by atoms with Gasteiger partial charge < -0.3 is 14.6 Å². The molecule has 4 nitrogen and oxygen atoms in total. The lowest BCUT2D eigenvalue weighted by Gasteiger charge is -2.40. The zero-order chi connectivity index (χ0) is 13.4. The fourth-order valence-electron chi connectivity index (χ4n) is 3.79. The number of furan rings is 1. The average molecular weight is 271 g/mol. The molecule has 106 valence electrons. The van der Waals surface area contributed by atoms with Crippen molar-refractivity contribution in [2.45, 2.75) is 44.2 Å². The molecule has 0 bridgehead atoms. The van der Waals surface area contributed by atoms with Gasteiger partial charge in [-0.15, -0.1) is 0 Å². The Kier molecular flexibility index (Phi) is 3.11. The summed E-state index contributed by atoms with van der Waals surface area (Å²) < 4.78 is 5.53. The molecule has 0 saturated carbocycles. The maximum absolute atomic E-state index is 5.53. The molecule has 2 aliphatic rings. The van der Waals surface area contributed by atoms with Crippen LogP contribution in [0.3, 0.4) is 0 Å². The summed E-state index contributed by atoms with van der Waals surface area (Å²) in [6.45, 7) is 2.28. The van der Waals surface area contributed by atoms with Crippen LogP contribution in [0.4, 0.5) is 5.82 Å². The maximum atomic E-state index is 5.53. The van der Waals surface area contributed by atoms with Crippen molar-refractivity contribution in [2.24, 2.45) is 0 Å². The second-order valence-corrected chi connectivity index (χ2v) is 5.93. The third-order valence-electron chi connectivity index (χ3n) is 4.74. The van der Waals surface area contributed by atoms with Gasteiger partial charge in [-0.25, -0.2) is 4.98 Å². The van der Waals surface area contributed by atoms with E-state index in [-0.39, 0.29) is 0 Å². The van der Waals surface area contributed by atoms with Gasteiger partial charge >= 0.3 is 0 Å². The summed E-state index contributed by atoms with van der Waals surface area (Å²) in [5.74, 6) is 1.11. The van der Waals surface area contributed by atoms with Crippen LogP contribution in [-0.2, 0) is 0 Å². The third-order valence-corrected chi connectivity index (χ3v) is 4.74. The highest BCUT2D eigenvalue weighted by atomic mass is 16.3. The van der Waals surface area contributed by atoms with Crippen LogP contribution < -0.4 is 10.2 Å². The minimum atomic E-state index is 0.583. The summed E-state index contributed by atoms with van der Waals surface area (Å²) in [6.07, 6.45) is 10.1. The van der Waals surface area contributed by atoms with Gasteiger partial charge in [-0.2, -0.15) is 0 Å². The lowest BCUT2D eigenvalue weighted by atomic mass is 9.94. The third kappa shape index (κ3) is 1.99. The second kappa shape index (κ2) is 5.09. The van der Waals surface area contributed by atoms with Crippen molar-refractivity contribution in [3.8, 4) is 0 Å². The lowest BCUT2D eigenvalue weighted by Crippen LogP contribution is -2.50. The largest absolute Gasteiger partial charge is 0.464 e. The number of hydrogen-bond donors (Lipinski definition) is 1. The van der Waals surface area contributed by atoms with Gasteiger partial charge in [-0.1, -0.05) is 0 Å². The molecule has 2 fully saturated rings. The highest BCUT2D eigenvalue weighted by Crippen LogP contribution is 2.32. The summed E-state index contributed by atoms with van der Waals surface area (Å²) in [6, 6.07) is 5.20. The molecular formula is C16H21N3O. The van der Waals surface area contributed by atoms with Gasteiger partial charge in [-0.05, 0) is 50.8 Å². The van der Waals surface area contributed by atoms with E-state index in [1.165, 1.54) is 38.6 Å². The van der Waals surface area contributed by atoms with Gasteiger partial charge in [0, 0.05) is 24.8 Å². The summed E-state index contributed by atoms with van der Waals surface area (Å²) in [5, 5.41) is 4.83. The van der Waals surface area contributed by atoms with E-state index in [4.69, 9.17) is 4.42 Å². The van der Waals surface area contributed by atoms with Gasteiger partial charge in [0.1, 0.15) is 11.4 Å². The van der Waals surface area contributed by atoms with Crippen molar-refractivity contribution in [3.63, 3.8) is 0 Å². The molecule has 2 aromatic rings. The highest BCUT2D eigenvalue weighted by molar-refractivity contribution is 5.88. The number of hydrogen-bond acceptors (Lipinski definition) is 4. The smallest absolute Gasteiger partial charge is 0.140 e.